The minimum atomic E-state index is -3.27. The standard InChI is InChI=1S/C17H26N2O4S/c1-23-13-5-10-18-17(20)16-8-6-15(7-9-16)14-24(21,22)19-11-3-2-4-12-19/h6-9H,2-5,10-14H2,1H3,(H,18,20). The second-order valence-corrected chi connectivity index (χ2v) is 7.98. The summed E-state index contributed by atoms with van der Waals surface area (Å²) in [5.74, 6) is -0.167. The first-order valence-corrected chi connectivity index (χ1v) is 9.98. The van der Waals surface area contributed by atoms with Crippen LogP contribution >= 0.6 is 0 Å². The van der Waals surface area contributed by atoms with Gasteiger partial charge in [-0.2, -0.15) is 0 Å². The Morgan fingerprint density at radius 1 is 1.17 bits per heavy atom. The number of carbonyl (C=O) groups excluding carboxylic acids is 1. The van der Waals surface area contributed by atoms with Crippen molar-refractivity contribution in [3.05, 3.63) is 35.4 Å². The van der Waals surface area contributed by atoms with Gasteiger partial charge >= 0.3 is 0 Å². The van der Waals surface area contributed by atoms with Gasteiger partial charge in [0.05, 0.1) is 5.75 Å². The minimum absolute atomic E-state index is 0.0112. The van der Waals surface area contributed by atoms with Crippen LogP contribution in [0.25, 0.3) is 0 Å². The van der Waals surface area contributed by atoms with E-state index in [2.05, 4.69) is 5.32 Å². The third kappa shape index (κ3) is 5.58. The molecule has 1 heterocycles. The lowest BCUT2D eigenvalue weighted by atomic mass is 10.1. The Bertz CT molecular complexity index is 622. The Morgan fingerprint density at radius 2 is 1.83 bits per heavy atom. The Hall–Kier alpha value is -1.44. The topological polar surface area (TPSA) is 75.7 Å². The number of benzene rings is 1. The van der Waals surface area contributed by atoms with Crippen LogP contribution in [-0.2, 0) is 20.5 Å². The number of amides is 1. The van der Waals surface area contributed by atoms with Gasteiger partial charge in [-0.1, -0.05) is 18.6 Å². The molecule has 0 atom stereocenters. The molecule has 24 heavy (non-hydrogen) atoms. The van der Waals surface area contributed by atoms with Crippen LogP contribution in [0.2, 0.25) is 0 Å². The van der Waals surface area contributed by atoms with E-state index in [1.54, 1.807) is 35.7 Å². The highest BCUT2D eigenvalue weighted by Gasteiger charge is 2.24. The van der Waals surface area contributed by atoms with E-state index in [4.69, 9.17) is 4.74 Å². The van der Waals surface area contributed by atoms with Crippen molar-refractivity contribution in [1.29, 1.82) is 0 Å². The van der Waals surface area contributed by atoms with E-state index in [0.717, 1.165) is 25.7 Å². The number of rotatable bonds is 8. The molecule has 0 aliphatic carbocycles. The maximum atomic E-state index is 12.4. The average Bonchev–Trinajstić information content (AvgIpc) is 2.60. The average molecular weight is 354 g/mol. The molecule has 0 bridgehead atoms. The van der Waals surface area contributed by atoms with Crippen molar-refractivity contribution in [2.45, 2.75) is 31.4 Å². The van der Waals surface area contributed by atoms with Crippen molar-refractivity contribution in [2.75, 3.05) is 33.4 Å². The van der Waals surface area contributed by atoms with E-state index >= 15 is 0 Å². The van der Waals surface area contributed by atoms with Crippen LogP contribution in [0.5, 0.6) is 0 Å². The van der Waals surface area contributed by atoms with Gasteiger partial charge in [0.25, 0.3) is 5.91 Å². The van der Waals surface area contributed by atoms with E-state index in [-0.39, 0.29) is 11.7 Å². The predicted octanol–water partition coefficient (Wildman–Crippen LogP) is 1.77. The largest absolute Gasteiger partial charge is 0.385 e. The molecule has 6 nitrogen and oxygen atoms in total. The summed E-state index contributed by atoms with van der Waals surface area (Å²) in [6.45, 7) is 2.39. The number of hydrogen-bond acceptors (Lipinski definition) is 4. The Balaban J connectivity index is 1.90. The molecule has 0 aromatic heterocycles. The molecule has 1 fully saturated rings. The molecule has 1 amide bonds. The van der Waals surface area contributed by atoms with Crippen molar-refractivity contribution < 1.29 is 17.9 Å². The van der Waals surface area contributed by atoms with Gasteiger partial charge in [0.1, 0.15) is 0 Å². The molecular formula is C17H26N2O4S. The van der Waals surface area contributed by atoms with Gasteiger partial charge in [-0.15, -0.1) is 0 Å². The van der Waals surface area contributed by atoms with Crippen LogP contribution in [0.15, 0.2) is 24.3 Å². The molecule has 2 rings (SSSR count). The lowest BCUT2D eigenvalue weighted by Gasteiger charge is -2.25. The monoisotopic (exact) mass is 354 g/mol. The highest BCUT2D eigenvalue weighted by atomic mass is 32.2. The van der Waals surface area contributed by atoms with Gasteiger partial charge < -0.3 is 10.1 Å². The summed E-state index contributed by atoms with van der Waals surface area (Å²) < 4.78 is 31.3. The van der Waals surface area contributed by atoms with Crippen LogP contribution < -0.4 is 5.32 Å². The fraction of sp³-hybridized carbons (Fsp3) is 0.588. The molecule has 7 heteroatoms. The summed E-state index contributed by atoms with van der Waals surface area (Å²) in [6, 6.07) is 6.77. The molecule has 1 aliphatic rings. The predicted molar refractivity (Wildman–Crippen MR) is 93.3 cm³/mol. The third-order valence-corrected chi connectivity index (χ3v) is 5.93. The quantitative estimate of drug-likeness (QED) is 0.722. The molecule has 1 aliphatic heterocycles. The van der Waals surface area contributed by atoms with Crippen LogP contribution in [0, 0.1) is 0 Å². The summed E-state index contributed by atoms with van der Waals surface area (Å²) in [7, 11) is -1.65. The Kier molecular flexibility index (Phi) is 7.20. The molecule has 1 aromatic rings. The third-order valence-electron chi connectivity index (χ3n) is 4.08. The fourth-order valence-corrected chi connectivity index (χ4v) is 4.33. The van der Waals surface area contributed by atoms with E-state index < -0.39 is 10.0 Å². The van der Waals surface area contributed by atoms with Gasteiger partial charge in [0.2, 0.25) is 10.0 Å². The second-order valence-electron chi connectivity index (χ2n) is 6.02. The van der Waals surface area contributed by atoms with Crippen molar-refractivity contribution in [3.63, 3.8) is 0 Å². The van der Waals surface area contributed by atoms with Crippen LogP contribution in [0.1, 0.15) is 41.6 Å². The first kappa shape index (κ1) is 18.9. The number of methoxy groups -OCH3 is 1. The summed E-state index contributed by atoms with van der Waals surface area (Å²) in [5, 5.41) is 2.81. The lowest BCUT2D eigenvalue weighted by molar-refractivity contribution is 0.0948. The molecule has 0 saturated carbocycles. The van der Waals surface area contributed by atoms with Crippen molar-refractivity contribution in [2.24, 2.45) is 0 Å². The number of nitrogens with zero attached hydrogens (tertiary/aromatic N) is 1. The van der Waals surface area contributed by atoms with Gasteiger partial charge in [0.15, 0.2) is 0 Å². The zero-order valence-corrected chi connectivity index (χ0v) is 15.0. The molecule has 0 unspecified atom stereocenters. The number of hydrogen-bond donors (Lipinski definition) is 1. The summed E-state index contributed by atoms with van der Waals surface area (Å²) in [6.07, 6.45) is 3.72. The van der Waals surface area contributed by atoms with E-state index in [1.165, 1.54) is 0 Å². The molecule has 1 saturated heterocycles. The SMILES string of the molecule is COCCCNC(=O)c1ccc(CS(=O)(=O)N2CCCCC2)cc1. The second kappa shape index (κ2) is 9.15. The Labute approximate surface area is 144 Å². The summed E-state index contributed by atoms with van der Waals surface area (Å²) in [5.41, 5.74) is 1.24. The normalized spacial score (nSPS) is 16.0. The highest BCUT2D eigenvalue weighted by molar-refractivity contribution is 7.88. The molecule has 134 valence electrons. The summed E-state index contributed by atoms with van der Waals surface area (Å²) in [4.78, 5) is 12.0. The van der Waals surface area contributed by atoms with Crippen molar-refractivity contribution in [1.82, 2.24) is 9.62 Å². The first-order valence-electron chi connectivity index (χ1n) is 8.37. The van der Waals surface area contributed by atoms with E-state index in [9.17, 15) is 13.2 Å². The van der Waals surface area contributed by atoms with Gasteiger partial charge in [0, 0.05) is 38.9 Å². The van der Waals surface area contributed by atoms with Gasteiger partial charge in [-0.3, -0.25) is 4.79 Å². The Morgan fingerprint density at radius 3 is 2.46 bits per heavy atom. The molecular weight excluding hydrogens is 328 g/mol. The molecule has 0 spiro atoms. The van der Waals surface area contributed by atoms with E-state index in [1.807, 2.05) is 0 Å². The van der Waals surface area contributed by atoms with Gasteiger partial charge in [-0.05, 0) is 37.0 Å². The van der Waals surface area contributed by atoms with E-state index in [0.29, 0.717) is 37.4 Å². The van der Waals surface area contributed by atoms with Crippen LogP contribution in [-0.4, -0.2) is 52.0 Å². The zero-order chi connectivity index (χ0) is 17.4. The fourth-order valence-electron chi connectivity index (χ4n) is 2.72. The van der Waals surface area contributed by atoms with Crippen LogP contribution in [0.3, 0.4) is 0 Å². The number of sulfonamides is 1. The zero-order valence-electron chi connectivity index (χ0n) is 14.2. The molecule has 1 aromatic carbocycles. The number of piperidine rings is 1. The molecule has 1 N–H and O–H groups in total. The van der Waals surface area contributed by atoms with Crippen LogP contribution in [0.4, 0.5) is 0 Å². The van der Waals surface area contributed by atoms with Gasteiger partial charge in [-0.25, -0.2) is 12.7 Å². The van der Waals surface area contributed by atoms with Crippen molar-refractivity contribution in [3.8, 4) is 0 Å². The minimum Gasteiger partial charge on any atom is -0.385 e. The maximum absolute atomic E-state index is 12.4. The first-order chi connectivity index (χ1) is 11.5. The highest BCUT2D eigenvalue weighted by Crippen LogP contribution is 2.17. The number of ether oxygens (including phenoxy) is 1. The number of carbonyl (C=O) groups is 1. The molecule has 0 radical (unpaired) electrons. The number of nitrogens with one attached hydrogen (secondary N) is 1. The lowest BCUT2D eigenvalue weighted by Crippen LogP contribution is -2.36. The maximum Gasteiger partial charge on any atom is 0.251 e. The summed E-state index contributed by atoms with van der Waals surface area (Å²) >= 11 is 0. The smallest absolute Gasteiger partial charge is 0.251 e. The van der Waals surface area contributed by atoms with Crippen molar-refractivity contribution >= 4 is 15.9 Å².